The lowest BCUT2D eigenvalue weighted by atomic mass is 10.1. The molecule has 1 unspecified atom stereocenters. The van der Waals surface area contributed by atoms with Gasteiger partial charge in [-0.2, -0.15) is 0 Å². The Bertz CT molecular complexity index is 793. The van der Waals surface area contributed by atoms with Gasteiger partial charge in [-0.3, -0.25) is 9.59 Å². The van der Waals surface area contributed by atoms with E-state index in [1.165, 1.54) is 0 Å². The molecule has 2 aromatic heterocycles. The third-order valence-corrected chi connectivity index (χ3v) is 3.29. The van der Waals surface area contributed by atoms with Crippen LogP contribution in [0.1, 0.15) is 22.1 Å². The monoisotopic (exact) mass is 294 g/mol. The maximum Gasteiger partial charge on any atom is 0.272 e. The van der Waals surface area contributed by atoms with Gasteiger partial charge >= 0.3 is 0 Å². The number of nitrogens with zero attached hydrogens (tertiary/aromatic N) is 2. The number of benzene rings is 1. The molecule has 1 aromatic carbocycles. The van der Waals surface area contributed by atoms with Crippen LogP contribution in [0.25, 0.3) is 5.65 Å². The maximum absolute atomic E-state index is 12.3. The molecule has 0 fully saturated rings. The van der Waals surface area contributed by atoms with Crippen LogP contribution in [-0.2, 0) is 4.79 Å². The van der Waals surface area contributed by atoms with Gasteiger partial charge in [-0.1, -0.05) is 36.4 Å². The van der Waals surface area contributed by atoms with Crippen LogP contribution in [0.2, 0.25) is 0 Å². The second-order valence-corrected chi connectivity index (χ2v) is 4.81. The van der Waals surface area contributed by atoms with Crippen molar-refractivity contribution in [2.75, 3.05) is 0 Å². The van der Waals surface area contributed by atoms with Gasteiger partial charge in [-0.25, -0.2) is 4.98 Å². The van der Waals surface area contributed by atoms with E-state index in [1.807, 2.05) is 18.2 Å². The number of hydrogen-bond donors (Lipinski definition) is 2. The number of primary amides is 1. The van der Waals surface area contributed by atoms with Crippen molar-refractivity contribution in [1.29, 1.82) is 0 Å². The van der Waals surface area contributed by atoms with E-state index in [1.54, 1.807) is 47.1 Å². The summed E-state index contributed by atoms with van der Waals surface area (Å²) in [5.41, 5.74) is 6.91. The van der Waals surface area contributed by atoms with Gasteiger partial charge in [0.05, 0.1) is 0 Å². The highest BCUT2D eigenvalue weighted by atomic mass is 16.2. The number of carbonyl (C=O) groups excluding carboxylic acids is 2. The molecule has 0 radical (unpaired) electrons. The fourth-order valence-corrected chi connectivity index (χ4v) is 2.21. The number of rotatable bonds is 4. The van der Waals surface area contributed by atoms with E-state index < -0.39 is 17.9 Å². The highest BCUT2D eigenvalue weighted by Crippen LogP contribution is 2.13. The Hall–Kier alpha value is -3.15. The van der Waals surface area contributed by atoms with E-state index in [4.69, 9.17) is 5.73 Å². The summed E-state index contributed by atoms with van der Waals surface area (Å²) >= 11 is 0. The number of imidazole rings is 1. The molecule has 0 aliphatic carbocycles. The molecule has 2 amide bonds. The SMILES string of the molecule is NC(=O)C(NC(=O)c1cn2ccccc2n1)c1ccccc1. The number of aromatic nitrogens is 2. The summed E-state index contributed by atoms with van der Waals surface area (Å²) in [7, 11) is 0. The molecule has 0 aliphatic rings. The van der Waals surface area contributed by atoms with Crippen LogP contribution in [0.15, 0.2) is 60.9 Å². The molecule has 0 aliphatic heterocycles. The van der Waals surface area contributed by atoms with Gasteiger partial charge in [0.2, 0.25) is 5.91 Å². The van der Waals surface area contributed by atoms with Crippen LogP contribution in [0.4, 0.5) is 0 Å². The quantitative estimate of drug-likeness (QED) is 0.759. The Kier molecular flexibility index (Phi) is 3.57. The van der Waals surface area contributed by atoms with Crippen LogP contribution in [0, 0.1) is 0 Å². The zero-order chi connectivity index (χ0) is 15.5. The van der Waals surface area contributed by atoms with Crippen molar-refractivity contribution >= 4 is 17.5 Å². The van der Waals surface area contributed by atoms with Crippen molar-refractivity contribution in [3.8, 4) is 0 Å². The van der Waals surface area contributed by atoms with Crippen LogP contribution < -0.4 is 11.1 Å². The van der Waals surface area contributed by atoms with E-state index >= 15 is 0 Å². The molecule has 0 saturated carbocycles. The van der Waals surface area contributed by atoms with Gasteiger partial charge in [0.15, 0.2) is 0 Å². The predicted molar refractivity (Wildman–Crippen MR) is 81.0 cm³/mol. The van der Waals surface area contributed by atoms with E-state index in [0.29, 0.717) is 11.2 Å². The Morgan fingerprint density at radius 1 is 1.09 bits per heavy atom. The number of carbonyl (C=O) groups is 2. The van der Waals surface area contributed by atoms with E-state index in [0.717, 1.165) is 0 Å². The molecule has 2 heterocycles. The standard InChI is InChI=1S/C16H14N4O2/c17-15(21)14(11-6-2-1-3-7-11)19-16(22)12-10-20-9-5-4-8-13(20)18-12/h1-10,14H,(H2,17,21)(H,19,22). The molecule has 22 heavy (non-hydrogen) atoms. The zero-order valence-corrected chi connectivity index (χ0v) is 11.6. The van der Waals surface area contributed by atoms with E-state index in [9.17, 15) is 9.59 Å². The van der Waals surface area contributed by atoms with Crippen molar-refractivity contribution in [2.24, 2.45) is 5.73 Å². The molecule has 0 spiro atoms. The summed E-state index contributed by atoms with van der Waals surface area (Å²) < 4.78 is 1.73. The maximum atomic E-state index is 12.3. The van der Waals surface area contributed by atoms with Crippen molar-refractivity contribution in [3.05, 3.63) is 72.2 Å². The molecular weight excluding hydrogens is 280 g/mol. The molecule has 0 bridgehead atoms. The van der Waals surface area contributed by atoms with Gasteiger partial charge < -0.3 is 15.5 Å². The number of amides is 2. The van der Waals surface area contributed by atoms with E-state index in [2.05, 4.69) is 10.3 Å². The predicted octanol–water partition coefficient (Wildman–Crippen LogP) is 1.29. The average Bonchev–Trinajstić information content (AvgIpc) is 2.97. The minimum atomic E-state index is -0.890. The van der Waals surface area contributed by atoms with Crippen molar-refractivity contribution in [2.45, 2.75) is 6.04 Å². The van der Waals surface area contributed by atoms with Gasteiger partial charge in [-0.15, -0.1) is 0 Å². The number of hydrogen-bond acceptors (Lipinski definition) is 3. The smallest absolute Gasteiger partial charge is 0.272 e. The summed E-state index contributed by atoms with van der Waals surface area (Å²) in [6.07, 6.45) is 3.40. The van der Waals surface area contributed by atoms with Crippen LogP contribution >= 0.6 is 0 Å². The summed E-state index contributed by atoms with van der Waals surface area (Å²) in [4.78, 5) is 28.1. The molecule has 0 saturated heterocycles. The Labute approximate surface area is 126 Å². The summed E-state index contributed by atoms with van der Waals surface area (Å²) in [5, 5.41) is 2.62. The Balaban J connectivity index is 1.86. The Morgan fingerprint density at radius 2 is 1.82 bits per heavy atom. The normalized spacial score (nSPS) is 12.0. The molecule has 3 rings (SSSR count). The number of fused-ring (bicyclic) bond motifs is 1. The molecule has 1 atom stereocenters. The van der Waals surface area contributed by atoms with Crippen molar-refractivity contribution in [3.63, 3.8) is 0 Å². The minimum Gasteiger partial charge on any atom is -0.368 e. The average molecular weight is 294 g/mol. The van der Waals surface area contributed by atoms with Gasteiger partial charge in [0.25, 0.3) is 5.91 Å². The molecule has 3 aromatic rings. The first-order valence-electron chi connectivity index (χ1n) is 6.74. The summed E-state index contributed by atoms with van der Waals surface area (Å²) in [6, 6.07) is 13.4. The molecule has 110 valence electrons. The fraction of sp³-hybridized carbons (Fsp3) is 0.0625. The molecule has 6 nitrogen and oxygen atoms in total. The largest absolute Gasteiger partial charge is 0.368 e. The van der Waals surface area contributed by atoms with Crippen LogP contribution in [-0.4, -0.2) is 21.2 Å². The molecular formula is C16H14N4O2. The van der Waals surface area contributed by atoms with Crippen molar-refractivity contribution < 1.29 is 9.59 Å². The minimum absolute atomic E-state index is 0.230. The Morgan fingerprint density at radius 3 is 2.50 bits per heavy atom. The van der Waals surface area contributed by atoms with Crippen LogP contribution in [0.5, 0.6) is 0 Å². The van der Waals surface area contributed by atoms with Gasteiger partial charge in [0.1, 0.15) is 17.4 Å². The zero-order valence-electron chi connectivity index (χ0n) is 11.6. The highest BCUT2D eigenvalue weighted by molar-refractivity contribution is 5.96. The number of pyridine rings is 1. The topological polar surface area (TPSA) is 89.5 Å². The second-order valence-electron chi connectivity index (χ2n) is 4.81. The lowest BCUT2D eigenvalue weighted by Gasteiger charge is -2.14. The highest BCUT2D eigenvalue weighted by Gasteiger charge is 2.22. The summed E-state index contributed by atoms with van der Waals surface area (Å²) in [6.45, 7) is 0. The molecule has 3 N–H and O–H groups in total. The summed E-state index contributed by atoms with van der Waals surface area (Å²) in [5.74, 6) is -1.07. The lowest BCUT2D eigenvalue weighted by Crippen LogP contribution is -2.37. The fourth-order valence-electron chi connectivity index (χ4n) is 2.21. The second kappa shape index (κ2) is 5.69. The first-order chi connectivity index (χ1) is 10.6. The molecule has 6 heteroatoms. The van der Waals surface area contributed by atoms with Crippen molar-refractivity contribution in [1.82, 2.24) is 14.7 Å². The first kappa shape index (κ1) is 13.8. The third-order valence-electron chi connectivity index (χ3n) is 3.29. The van der Waals surface area contributed by atoms with Gasteiger partial charge in [-0.05, 0) is 17.7 Å². The number of nitrogens with one attached hydrogen (secondary N) is 1. The number of nitrogens with two attached hydrogens (primary N) is 1. The van der Waals surface area contributed by atoms with E-state index in [-0.39, 0.29) is 5.69 Å². The lowest BCUT2D eigenvalue weighted by molar-refractivity contribution is -0.120. The van der Waals surface area contributed by atoms with Gasteiger partial charge in [0, 0.05) is 12.4 Å². The first-order valence-corrected chi connectivity index (χ1v) is 6.74. The van der Waals surface area contributed by atoms with Crippen LogP contribution in [0.3, 0.4) is 0 Å². The third kappa shape index (κ3) is 2.67.